The fourth-order valence-corrected chi connectivity index (χ4v) is 7.15. The lowest BCUT2D eigenvalue weighted by Crippen LogP contribution is -2.40. The van der Waals surface area contributed by atoms with E-state index in [1.54, 1.807) is 32.1 Å². The molecule has 0 saturated heterocycles. The molecule has 1 aliphatic rings. The minimum Gasteiger partial charge on any atom is -0.463 e. The number of aryl methyl sites for hydroxylation is 1. The molecule has 0 amide bonds. The van der Waals surface area contributed by atoms with Crippen LogP contribution in [0.4, 0.5) is 5.69 Å². The van der Waals surface area contributed by atoms with Crippen LogP contribution >= 0.6 is 23.1 Å². The number of nitrogens with one attached hydrogen (secondary N) is 1. The average Bonchev–Trinajstić information content (AvgIpc) is 3.30. The summed E-state index contributed by atoms with van der Waals surface area (Å²) in [6.45, 7) is 9.76. The minimum absolute atomic E-state index is 0.175. The van der Waals surface area contributed by atoms with Gasteiger partial charge in [0, 0.05) is 17.8 Å². The Hall–Kier alpha value is -4.62. The van der Waals surface area contributed by atoms with Gasteiger partial charge in [0.1, 0.15) is 0 Å². The molecular formula is C33H33N5O6S2. The van der Waals surface area contributed by atoms with Crippen LogP contribution in [0.2, 0.25) is 0 Å². The zero-order valence-corrected chi connectivity index (χ0v) is 27.7. The van der Waals surface area contributed by atoms with Crippen molar-refractivity contribution in [1.29, 1.82) is 0 Å². The van der Waals surface area contributed by atoms with E-state index in [2.05, 4.69) is 23.8 Å². The maximum absolute atomic E-state index is 14.1. The molecular weight excluding hydrogens is 627 g/mol. The number of fused-ring (bicyclic) bond motifs is 1. The molecule has 0 bridgehead atoms. The number of nitro groups is 1. The molecule has 2 aromatic heterocycles. The normalized spacial score (nSPS) is 14.7. The van der Waals surface area contributed by atoms with Crippen molar-refractivity contribution in [2.75, 3.05) is 6.61 Å². The molecule has 4 aromatic rings. The van der Waals surface area contributed by atoms with Crippen LogP contribution in [-0.2, 0) is 9.53 Å². The number of benzene rings is 2. The summed E-state index contributed by atoms with van der Waals surface area (Å²) in [7, 11) is 0. The standard InChI is InChI=1S/C33H33N5O6S2/c1-6-8-23-28(31(41)44-7-2)29(22-12-10-21(11-13-22)18(3)4)37-30(40)26(46-33(37)35-23)17-20-9-14-25(24(16-20)38(42)43)45-32-34-19(5)15-27(39)36-32/h9-18,29H,6-8H2,1-5H3,(H,34,36,39)/b26-17+/t29-/m1/s1. The van der Waals surface area contributed by atoms with E-state index in [9.17, 15) is 24.5 Å². The molecule has 1 atom stereocenters. The number of carbonyl (C=O) groups excluding carboxylic acids is 1. The van der Waals surface area contributed by atoms with Gasteiger partial charge in [-0.15, -0.1) is 0 Å². The molecule has 5 rings (SSSR count). The summed E-state index contributed by atoms with van der Waals surface area (Å²) in [4.78, 5) is 63.2. The predicted molar refractivity (Wildman–Crippen MR) is 177 cm³/mol. The number of carbonyl (C=O) groups is 1. The summed E-state index contributed by atoms with van der Waals surface area (Å²) in [6, 6.07) is 13.0. The van der Waals surface area contributed by atoms with Gasteiger partial charge in [-0.2, -0.15) is 0 Å². The second-order valence-electron chi connectivity index (χ2n) is 11.0. The van der Waals surface area contributed by atoms with Crippen molar-refractivity contribution in [3.05, 3.63) is 122 Å². The zero-order valence-electron chi connectivity index (χ0n) is 26.0. The number of nitro benzene ring substituents is 1. The van der Waals surface area contributed by atoms with Crippen molar-refractivity contribution < 1.29 is 14.5 Å². The van der Waals surface area contributed by atoms with Gasteiger partial charge in [-0.1, -0.05) is 68.9 Å². The van der Waals surface area contributed by atoms with Gasteiger partial charge in [0.2, 0.25) is 0 Å². The number of hydrogen-bond acceptors (Lipinski definition) is 10. The third kappa shape index (κ3) is 6.80. The fourth-order valence-electron chi connectivity index (χ4n) is 5.21. The van der Waals surface area contributed by atoms with Crippen LogP contribution in [0.5, 0.6) is 0 Å². The van der Waals surface area contributed by atoms with Crippen molar-refractivity contribution in [3.8, 4) is 0 Å². The Morgan fingerprint density at radius 1 is 1.17 bits per heavy atom. The average molecular weight is 660 g/mol. The SMILES string of the molecule is CCCC1=C(C(=O)OCC)[C@@H](c2ccc(C(C)C)cc2)n2c(s/c(=C/c3ccc(Sc4nc(C)cc(=O)[nH]4)c([N+](=O)[O-])c3)c2=O)=N1. The third-order valence-electron chi connectivity index (χ3n) is 7.34. The number of ether oxygens (including phenoxy) is 1. The van der Waals surface area contributed by atoms with E-state index in [0.717, 1.165) is 40.6 Å². The number of thiazole rings is 1. The van der Waals surface area contributed by atoms with Crippen molar-refractivity contribution in [2.24, 2.45) is 4.99 Å². The summed E-state index contributed by atoms with van der Waals surface area (Å²) in [5, 5.41) is 12.3. The summed E-state index contributed by atoms with van der Waals surface area (Å²) in [5.74, 6) is -0.217. The Bertz CT molecular complexity index is 2090. The van der Waals surface area contributed by atoms with Gasteiger partial charge < -0.3 is 9.72 Å². The van der Waals surface area contributed by atoms with Crippen molar-refractivity contribution in [2.45, 2.75) is 69.5 Å². The Morgan fingerprint density at radius 2 is 1.91 bits per heavy atom. The first-order chi connectivity index (χ1) is 22.0. The smallest absolute Gasteiger partial charge is 0.338 e. The van der Waals surface area contributed by atoms with Gasteiger partial charge in [0.15, 0.2) is 9.96 Å². The predicted octanol–water partition coefficient (Wildman–Crippen LogP) is 5.15. The highest BCUT2D eigenvalue weighted by Crippen LogP contribution is 2.35. The number of rotatable bonds is 10. The number of nitrogens with zero attached hydrogens (tertiary/aromatic N) is 4. The van der Waals surface area contributed by atoms with Crippen LogP contribution in [0, 0.1) is 17.0 Å². The third-order valence-corrected chi connectivity index (χ3v) is 9.28. The molecule has 0 aliphatic carbocycles. The van der Waals surface area contributed by atoms with Crippen LogP contribution in [0.1, 0.15) is 74.9 Å². The quantitative estimate of drug-likeness (QED) is 0.106. The lowest BCUT2D eigenvalue weighted by molar-refractivity contribution is -0.387. The first-order valence-corrected chi connectivity index (χ1v) is 16.5. The van der Waals surface area contributed by atoms with E-state index in [1.165, 1.54) is 16.7 Å². The fraction of sp³-hybridized carbons (Fsp3) is 0.303. The van der Waals surface area contributed by atoms with Crippen LogP contribution < -0.4 is 20.5 Å². The Labute approximate surface area is 272 Å². The summed E-state index contributed by atoms with van der Waals surface area (Å²) in [5.41, 5.74) is 2.78. The highest BCUT2D eigenvalue weighted by molar-refractivity contribution is 7.99. The number of esters is 1. The molecule has 11 nitrogen and oxygen atoms in total. The van der Waals surface area contributed by atoms with E-state index in [0.29, 0.717) is 44.2 Å². The molecule has 3 heterocycles. The molecule has 0 fully saturated rings. The molecule has 1 aliphatic heterocycles. The van der Waals surface area contributed by atoms with Gasteiger partial charge in [-0.3, -0.25) is 24.3 Å². The number of H-pyrrole nitrogens is 1. The highest BCUT2D eigenvalue weighted by Gasteiger charge is 2.34. The molecule has 238 valence electrons. The first kappa shape index (κ1) is 32.8. The number of aromatic amines is 1. The highest BCUT2D eigenvalue weighted by atomic mass is 32.2. The largest absolute Gasteiger partial charge is 0.463 e. The molecule has 46 heavy (non-hydrogen) atoms. The first-order valence-electron chi connectivity index (χ1n) is 14.9. The Morgan fingerprint density at radius 3 is 2.54 bits per heavy atom. The molecule has 2 aromatic carbocycles. The van der Waals surface area contributed by atoms with E-state index in [4.69, 9.17) is 9.73 Å². The van der Waals surface area contributed by atoms with Gasteiger partial charge in [-0.05, 0) is 66.8 Å². The van der Waals surface area contributed by atoms with E-state index in [1.807, 2.05) is 31.2 Å². The lowest BCUT2D eigenvalue weighted by atomic mass is 9.92. The van der Waals surface area contributed by atoms with Gasteiger partial charge >= 0.3 is 5.97 Å². The summed E-state index contributed by atoms with van der Waals surface area (Å²) in [6.07, 6.45) is 2.84. The van der Waals surface area contributed by atoms with Gasteiger partial charge in [0.05, 0.1) is 38.3 Å². The van der Waals surface area contributed by atoms with Gasteiger partial charge in [-0.25, -0.2) is 14.8 Å². The molecule has 0 saturated carbocycles. The maximum atomic E-state index is 14.1. The Kier molecular flexibility index (Phi) is 9.82. The second kappa shape index (κ2) is 13.8. The molecule has 0 unspecified atom stereocenters. The number of allylic oxidation sites excluding steroid dienone is 1. The summed E-state index contributed by atoms with van der Waals surface area (Å²) >= 11 is 2.13. The number of hydrogen-bond donors (Lipinski definition) is 1. The lowest BCUT2D eigenvalue weighted by Gasteiger charge is -2.26. The van der Waals surface area contributed by atoms with E-state index in [-0.39, 0.29) is 33.5 Å². The molecule has 13 heteroatoms. The maximum Gasteiger partial charge on any atom is 0.338 e. The minimum atomic E-state index is -0.752. The summed E-state index contributed by atoms with van der Waals surface area (Å²) < 4.78 is 7.29. The van der Waals surface area contributed by atoms with Crippen molar-refractivity contribution >= 4 is 40.8 Å². The Balaban J connectivity index is 1.65. The van der Waals surface area contributed by atoms with Crippen molar-refractivity contribution in [1.82, 2.24) is 14.5 Å². The van der Waals surface area contributed by atoms with E-state index >= 15 is 0 Å². The number of aromatic nitrogens is 3. The monoisotopic (exact) mass is 659 g/mol. The van der Waals surface area contributed by atoms with Crippen LogP contribution in [0.25, 0.3) is 6.08 Å². The molecule has 0 radical (unpaired) electrons. The van der Waals surface area contributed by atoms with Crippen LogP contribution in [0.15, 0.2) is 84.4 Å². The van der Waals surface area contributed by atoms with Crippen molar-refractivity contribution in [3.63, 3.8) is 0 Å². The van der Waals surface area contributed by atoms with Gasteiger partial charge in [0.25, 0.3) is 16.8 Å². The molecule has 0 spiro atoms. The second-order valence-corrected chi connectivity index (χ2v) is 13.1. The van der Waals surface area contributed by atoms with Crippen LogP contribution in [-0.4, -0.2) is 32.0 Å². The topological polar surface area (TPSA) is 150 Å². The molecule has 1 N–H and O–H groups in total. The van der Waals surface area contributed by atoms with Crippen LogP contribution in [0.3, 0.4) is 0 Å². The van der Waals surface area contributed by atoms with E-state index < -0.39 is 16.9 Å². The zero-order chi connectivity index (χ0) is 33.1.